The first-order valence-corrected chi connectivity index (χ1v) is 5.89. The van der Waals surface area contributed by atoms with E-state index in [-0.39, 0.29) is 5.41 Å². The molecule has 0 saturated carbocycles. The van der Waals surface area contributed by atoms with Crippen LogP contribution in [-0.2, 0) is 0 Å². The van der Waals surface area contributed by atoms with Crippen molar-refractivity contribution >= 4 is 15.9 Å². The van der Waals surface area contributed by atoms with E-state index in [1.165, 1.54) is 19.3 Å². The normalized spacial score (nSPS) is 18.3. The molecule has 0 aromatic carbocycles. The molecule has 0 heterocycles. The molecule has 72 valence electrons. The van der Waals surface area contributed by atoms with Crippen molar-refractivity contribution in [1.29, 1.82) is 0 Å². The zero-order valence-electron chi connectivity index (χ0n) is 8.57. The van der Waals surface area contributed by atoms with Crippen LogP contribution in [0.1, 0.15) is 40.0 Å². The van der Waals surface area contributed by atoms with Crippen LogP contribution in [0, 0.1) is 11.3 Å². The third kappa shape index (κ3) is 4.30. The van der Waals surface area contributed by atoms with Gasteiger partial charge in [-0.1, -0.05) is 55.6 Å². The third-order valence-electron chi connectivity index (χ3n) is 2.39. The van der Waals surface area contributed by atoms with Gasteiger partial charge in [0.15, 0.2) is 0 Å². The second-order valence-electron chi connectivity index (χ2n) is 4.09. The van der Waals surface area contributed by atoms with Gasteiger partial charge in [0, 0.05) is 5.33 Å². The summed E-state index contributed by atoms with van der Waals surface area (Å²) in [5.74, 6) is 0.815. The monoisotopic (exact) mass is 232 g/mol. The summed E-state index contributed by atoms with van der Waals surface area (Å²) >= 11 is 3.54. The van der Waals surface area contributed by atoms with Gasteiger partial charge in [0.1, 0.15) is 0 Å². The van der Waals surface area contributed by atoms with Crippen LogP contribution < -0.4 is 0 Å². The summed E-state index contributed by atoms with van der Waals surface area (Å²) in [5.41, 5.74) is 0.286. The summed E-state index contributed by atoms with van der Waals surface area (Å²) in [6.07, 6.45) is 5.94. The highest BCUT2D eigenvalue weighted by Crippen LogP contribution is 2.30. The second-order valence-corrected chi connectivity index (χ2v) is 4.65. The minimum Gasteiger partial charge on any atom is -0.103 e. The molecule has 0 saturated heterocycles. The summed E-state index contributed by atoms with van der Waals surface area (Å²) in [6.45, 7) is 10.7. The van der Waals surface area contributed by atoms with Gasteiger partial charge in [0.25, 0.3) is 0 Å². The highest BCUT2D eigenvalue weighted by atomic mass is 79.9. The van der Waals surface area contributed by atoms with Gasteiger partial charge in [0.2, 0.25) is 0 Å². The molecule has 0 aromatic heterocycles. The van der Waals surface area contributed by atoms with Crippen molar-refractivity contribution in [1.82, 2.24) is 0 Å². The number of hydrogen-bond acceptors (Lipinski definition) is 0. The van der Waals surface area contributed by atoms with Crippen LogP contribution in [0.15, 0.2) is 12.7 Å². The molecule has 0 N–H and O–H groups in total. The molecule has 0 nitrogen and oxygen atoms in total. The van der Waals surface area contributed by atoms with Crippen LogP contribution >= 0.6 is 15.9 Å². The molecule has 12 heavy (non-hydrogen) atoms. The van der Waals surface area contributed by atoms with Crippen molar-refractivity contribution in [3.63, 3.8) is 0 Å². The van der Waals surface area contributed by atoms with Gasteiger partial charge < -0.3 is 0 Å². The first-order chi connectivity index (χ1) is 5.58. The minimum atomic E-state index is 0.286. The maximum atomic E-state index is 3.89. The molecule has 0 amide bonds. The smallest absolute Gasteiger partial charge is 0.0120 e. The number of allylic oxidation sites excluding steroid dienone is 1. The molecule has 0 aliphatic carbocycles. The van der Waals surface area contributed by atoms with E-state index in [0.29, 0.717) is 0 Å². The molecule has 1 heteroatoms. The molecule has 0 aliphatic rings. The zero-order chi connectivity index (χ0) is 9.61. The molecule has 2 unspecified atom stereocenters. The van der Waals surface area contributed by atoms with Gasteiger partial charge in [-0.05, 0) is 17.8 Å². The van der Waals surface area contributed by atoms with Crippen molar-refractivity contribution in [3.8, 4) is 0 Å². The van der Waals surface area contributed by atoms with Crippen molar-refractivity contribution in [2.75, 3.05) is 5.33 Å². The van der Waals surface area contributed by atoms with Crippen molar-refractivity contribution in [3.05, 3.63) is 12.7 Å². The fourth-order valence-corrected chi connectivity index (χ4v) is 2.04. The quantitative estimate of drug-likeness (QED) is 0.471. The van der Waals surface area contributed by atoms with E-state index in [9.17, 15) is 0 Å². The van der Waals surface area contributed by atoms with Crippen LogP contribution in [0.3, 0.4) is 0 Å². The van der Waals surface area contributed by atoms with Gasteiger partial charge in [-0.2, -0.15) is 0 Å². The fraction of sp³-hybridized carbons (Fsp3) is 0.818. The van der Waals surface area contributed by atoms with Crippen LogP contribution in [0.25, 0.3) is 0 Å². The van der Waals surface area contributed by atoms with Gasteiger partial charge in [-0.3, -0.25) is 0 Å². The zero-order valence-corrected chi connectivity index (χ0v) is 10.2. The molecule has 0 aromatic rings. The average Bonchev–Trinajstić information content (AvgIpc) is 2.05. The Morgan fingerprint density at radius 1 is 1.58 bits per heavy atom. The first kappa shape index (κ1) is 12.2. The van der Waals surface area contributed by atoms with Gasteiger partial charge in [-0.15, -0.1) is 6.58 Å². The van der Waals surface area contributed by atoms with E-state index < -0.39 is 0 Å². The Labute approximate surface area is 85.6 Å². The average molecular weight is 233 g/mol. The molecule has 2 atom stereocenters. The Hall–Kier alpha value is 0.220. The van der Waals surface area contributed by atoms with Gasteiger partial charge in [-0.25, -0.2) is 0 Å². The lowest BCUT2D eigenvalue weighted by atomic mass is 9.82. The van der Waals surface area contributed by atoms with E-state index in [2.05, 4.69) is 49.4 Å². The minimum absolute atomic E-state index is 0.286. The van der Waals surface area contributed by atoms with Gasteiger partial charge in [0.05, 0.1) is 0 Å². The standard InChI is InChI=1S/C11H21Br/c1-5-7-10(3)8-11(4,6-2)9-12/h6,10H,2,5,7-9H2,1,3-4H3. The Balaban J connectivity index is 3.92. The third-order valence-corrected chi connectivity index (χ3v) is 3.68. The number of rotatable bonds is 6. The molecule has 0 fully saturated rings. The van der Waals surface area contributed by atoms with Crippen LogP contribution in [-0.4, -0.2) is 5.33 Å². The summed E-state index contributed by atoms with van der Waals surface area (Å²) < 4.78 is 0. The summed E-state index contributed by atoms with van der Waals surface area (Å²) in [7, 11) is 0. The van der Waals surface area contributed by atoms with E-state index in [4.69, 9.17) is 0 Å². The largest absolute Gasteiger partial charge is 0.103 e. The lowest BCUT2D eigenvalue weighted by molar-refractivity contribution is 0.342. The maximum absolute atomic E-state index is 3.89. The number of hydrogen-bond donors (Lipinski definition) is 0. The van der Waals surface area contributed by atoms with Gasteiger partial charge >= 0.3 is 0 Å². The van der Waals surface area contributed by atoms with Crippen LogP contribution in [0.4, 0.5) is 0 Å². The Bertz CT molecular complexity index is 131. The van der Waals surface area contributed by atoms with E-state index in [1.807, 2.05) is 0 Å². The molecule has 0 bridgehead atoms. The number of alkyl halides is 1. The predicted octanol–water partition coefficient (Wildman–Crippen LogP) is 4.40. The van der Waals surface area contributed by atoms with E-state index in [0.717, 1.165) is 11.2 Å². The lowest BCUT2D eigenvalue weighted by Gasteiger charge is -2.26. The summed E-state index contributed by atoms with van der Waals surface area (Å²) in [5, 5.41) is 1.03. The number of halogens is 1. The molecule has 0 rings (SSSR count). The Morgan fingerprint density at radius 2 is 2.17 bits per heavy atom. The van der Waals surface area contributed by atoms with Crippen molar-refractivity contribution in [2.24, 2.45) is 11.3 Å². The van der Waals surface area contributed by atoms with Crippen molar-refractivity contribution < 1.29 is 0 Å². The SMILES string of the molecule is C=CC(C)(CBr)CC(C)CCC. The van der Waals surface area contributed by atoms with E-state index >= 15 is 0 Å². The van der Waals surface area contributed by atoms with Crippen LogP contribution in [0.2, 0.25) is 0 Å². The van der Waals surface area contributed by atoms with Crippen molar-refractivity contribution in [2.45, 2.75) is 40.0 Å². The highest BCUT2D eigenvalue weighted by molar-refractivity contribution is 9.09. The molecular formula is C11H21Br. The maximum Gasteiger partial charge on any atom is 0.0120 e. The Morgan fingerprint density at radius 3 is 2.50 bits per heavy atom. The molecular weight excluding hydrogens is 212 g/mol. The molecule has 0 radical (unpaired) electrons. The molecule has 0 aliphatic heterocycles. The molecule has 0 spiro atoms. The summed E-state index contributed by atoms with van der Waals surface area (Å²) in [6, 6.07) is 0. The topological polar surface area (TPSA) is 0 Å². The second kappa shape index (κ2) is 5.80. The fourth-order valence-electron chi connectivity index (χ4n) is 1.58. The predicted molar refractivity (Wildman–Crippen MR) is 60.8 cm³/mol. The highest BCUT2D eigenvalue weighted by Gasteiger charge is 2.21. The Kier molecular flexibility index (Phi) is 5.90. The van der Waals surface area contributed by atoms with E-state index in [1.54, 1.807) is 0 Å². The first-order valence-electron chi connectivity index (χ1n) is 4.77. The van der Waals surface area contributed by atoms with Crippen LogP contribution in [0.5, 0.6) is 0 Å². The summed E-state index contributed by atoms with van der Waals surface area (Å²) in [4.78, 5) is 0. The lowest BCUT2D eigenvalue weighted by Crippen LogP contribution is -2.18.